The third-order valence-corrected chi connectivity index (χ3v) is 4.83. The van der Waals surface area contributed by atoms with Gasteiger partial charge in [0.25, 0.3) is 0 Å². The molecule has 0 radical (unpaired) electrons. The molecule has 4 rings (SSSR count). The fraction of sp³-hybridized carbons (Fsp3) is 0.0833. The minimum absolute atomic E-state index is 0.0936. The van der Waals surface area contributed by atoms with Gasteiger partial charge in [0.15, 0.2) is 18.1 Å². The number of allylic oxidation sites excluding steroid dienone is 1. The minimum Gasteiger partial charge on any atom is -0.485 e. The molecule has 0 atom stereocenters. The van der Waals surface area contributed by atoms with E-state index >= 15 is 0 Å². The van der Waals surface area contributed by atoms with Crippen LogP contribution in [0.3, 0.4) is 0 Å². The first-order chi connectivity index (χ1) is 14.0. The largest absolute Gasteiger partial charge is 0.485 e. The molecule has 5 heteroatoms. The summed E-state index contributed by atoms with van der Waals surface area (Å²) in [5, 5.41) is 0.622. The normalized spacial score (nSPS) is 13.9. The number of Topliss-reactive ketones (excluding diaryl/α,β-unsaturated/α-hetero) is 2. The van der Waals surface area contributed by atoms with Gasteiger partial charge in [0.2, 0.25) is 5.78 Å². The standard InChI is InChI=1S/C24H17ClO4/c1-15-11-19(28-14-20(26)17-5-3-2-4-6-17)13-21-23(15)24(27)22(29-21)12-16-7-9-18(25)10-8-16/h2-13H,14H2,1H3/b22-12-. The Bertz CT molecular complexity index is 1120. The van der Waals surface area contributed by atoms with Crippen molar-refractivity contribution < 1.29 is 19.1 Å². The third-order valence-electron chi connectivity index (χ3n) is 4.58. The number of ether oxygens (including phenoxy) is 2. The van der Waals surface area contributed by atoms with Gasteiger partial charge in [0.1, 0.15) is 11.5 Å². The Morgan fingerprint density at radius 3 is 2.52 bits per heavy atom. The van der Waals surface area contributed by atoms with Crippen LogP contribution in [-0.2, 0) is 0 Å². The topological polar surface area (TPSA) is 52.6 Å². The van der Waals surface area contributed by atoms with Crippen molar-refractivity contribution >= 4 is 29.2 Å². The second-order valence-electron chi connectivity index (χ2n) is 6.68. The highest BCUT2D eigenvalue weighted by molar-refractivity contribution is 6.30. The molecule has 0 unspecified atom stereocenters. The van der Waals surface area contributed by atoms with Crippen LogP contribution < -0.4 is 9.47 Å². The second-order valence-corrected chi connectivity index (χ2v) is 7.12. The summed E-state index contributed by atoms with van der Waals surface area (Å²) in [4.78, 5) is 25.0. The summed E-state index contributed by atoms with van der Waals surface area (Å²) in [5.74, 6) is 0.842. The van der Waals surface area contributed by atoms with Crippen molar-refractivity contribution in [3.8, 4) is 11.5 Å². The minimum atomic E-state index is -0.181. The maximum Gasteiger partial charge on any atom is 0.232 e. The number of carbonyl (C=O) groups excluding carboxylic acids is 2. The monoisotopic (exact) mass is 404 g/mol. The van der Waals surface area contributed by atoms with Gasteiger partial charge in [0.05, 0.1) is 5.56 Å². The average molecular weight is 405 g/mol. The molecule has 1 aliphatic rings. The zero-order chi connectivity index (χ0) is 20.4. The van der Waals surface area contributed by atoms with Crippen LogP contribution in [0.15, 0.2) is 72.5 Å². The molecule has 0 bridgehead atoms. The van der Waals surface area contributed by atoms with Crippen molar-refractivity contribution in [2.75, 3.05) is 6.61 Å². The van der Waals surface area contributed by atoms with Crippen molar-refractivity contribution in [1.82, 2.24) is 0 Å². The number of rotatable bonds is 5. The Kier molecular flexibility index (Phi) is 5.19. The predicted molar refractivity (Wildman–Crippen MR) is 112 cm³/mol. The first kappa shape index (κ1) is 19.0. The van der Waals surface area contributed by atoms with Gasteiger partial charge in [-0.25, -0.2) is 0 Å². The lowest BCUT2D eigenvalue weighted by Crippen LogP contribution is -2.11. The van der Waals surface area contributed by atoms with Crippen LogP contribution in [0.4, 0.5) is 0 Å². The summed E-state index contributed by atoms with van der Waals surface area (Å²) in [6, 6.07) is 19.5. The maximum atomic E-state index is 12.7. The van der Waals surface area contributed by atoms with Crippen LogP contribution >= 0.6 is 11.6 Å². The molecular formula is C24H17ClO4. The Morgan fingerprint density at radius 1 is 1.07 bits per heavy atom. The number of carbonyl (C=O) groups is 2. The quantitative estimate of drug-likeness (QED) is 0.414. The van der Waals surface area contributed by atoms with E-state index in [9.17, 15) is 9.59 Å². The van der Waals surface area contributed by atoms with E-state index in [1.54, 1.807) is 54.6 Å². The highest BCUT2D eigenvalue weighted by Crippen LogP contribution is 2.37. The van der Waals surface area contributed by atoms with E-state index in [2.05, 4.69) is 0 Å². The molecule has 1 aliphatic heterocycles. The molecule has 0 aliphatic carbocycles. The van der Waals surface area contributed by atoms with E-state index in [1.165, 1.54) is 0 Å². The number of benzene rings is 3. The van der Waals surface area contributed by atoms with Crippen molar-refractivity contribution in [3.63, 3.8) is 0 Å². The van der Waals surface area contributed by atoms with Gasteiger partial charge in [-0.1, -0.05) is 54.1 Å². The molecule has 4 nitrogen and oxygen atoms in total. The highest BCUT2D eigenvalue weighted by atomic mass is 35.5. The summed E-state index contributed by atoms with van der Waals surface area (Å²) < 4.78 is 11.4. The van der Waals surface area contributed by atoms with Crippen LogP contribution in [0.2, 0.25) is 5.02 Å². The first-order valence-electron chi connectivity index (χ1n) is 9.07. The van der Waals surface area contributed by atoms with E-state index in [-0.39, 0.29) is 23.9 Å². The zero-order valence-corrected chi connectivity index (χ0v) is 16.4. The highest BCUT2D eigenvalue weighted by Gasteiger charge is 2.30. The first-order valence-corrected chi connectivity index (χ1v) is 9.44. The number of fused-ring (bicyclic) bond motifs is 1. The molecule has 3 aromatic rings. The maximum absolute atomic E-state index is 12.7. The number of hydrogen-bond acceptors (Lipinski definition) is 4. The van der Waals surface area contributed by atoms with Gasteiger partial charge in [-0.05, 0) is 42.3 Å². The Morgan fingerprint density at radius 2 is 1.79 bits per heavy atom. The van der Waals surface area contributed by atoms with E-state index in [0.29, 0.717) is 27.6 Å². The van der Waals surface area contributed by atoms with Gasteiger partial charge in [-0.3, -0.25) is 9.59 Å². The van der Waals surface area contributed by atoms with Crippen molar-refractivity contribution in [2.45, 2.75) is 6.92 Å². The molecule has 29 heavy (non-hydrogen) atoms. The lowest BCUT2D eigenvalue weighted by atomic mass is 10.0. The molecule has 0 spiro atoms. The summed E-state index contributed by atoms with van der Waals surface area (Å²) in [7, 11) is 0. The Balaban J connectivity index is 1.53. The summed E-state index contributed by atoms with van der Waals surface area (Å²) in [5.41, 5.74) is 2.64. The molecule has 144 valence electrons. The van der Waals surface area contributed by atoms with Crippen LogP contribution in [0.5, 0.6) is 11.5 Å². The van der Waals surface area contributed by atoms with Crippen LogP contribution in [0.1, 0.15) is 31.8 Å². The number of aryl methyl sites for hydroxylation is 1. The number of halogens is 1. The third kappa shape index (κ3) is 4.08. The molecule has 3 aromatic carbocycles. The van der Waals surface area contributed by atoms with Gasteiger partial charge in [-0.2, -0.15) is 0 Å². The smallest absolute Gasteiger partial charge is 0.232 e. The average Bonchev–Trinajstić information content (AvgIpc) is 3.04. The Labute approximate surface area is 173 Å². The molecule has 0 N–H and O–H groups in total. The van der Waals surface area contributed by atoms with Crippen molar-refractivity contribution in [2.24, 2.45) is 0 Å². The zero-order valence-electron chi connectivity index (χ0n) is 15.6. The SMILES string of the molecule is Cc1cc(OCC(=O)c2ccccc2)cc2c1C(=O)/C(=C/c1ccc(Cl)cc1)O2. The van der Waals surface area contributed by atoms with E-state index in [4.69, 9.17) is 21.1 Å². The van der Waals surface area contributed by atoms with Gasteiger partial charge < -0.3 is 9.47 Å². The van der Waals surface area contributed by atoms with Crippen molar-refractivity contribution in [3.05, 3.63) is 99.8 Å². The molecule has 0 aromatic heterocycles. The predicted octanol–water partition coefficient (Wildman–Crippen LogP) is 5.53. The van der Waals surface area contributed by atoms with Crippen molar-refractivity contribution in [1.29, 1.82) is 0 Å². The molecule has 0 saturated carbocycles. The van der Waals surface area contributed by atoms with Gasteiger partial charge >= 0.3 is 0 Å². The second kappa shape index (κ2) is 7.94. The summed E-state index contributed by atoms with van der Waals surface area (Å²) in [6.07, 6.45) is 1.68. The van der Waals surface area contributed by atoms with Crippen LogP contribution in [-0.4, -0.2) is 18.2 Å². The molecule has 0 saturated heterocycles. The van der Waals surface area contributed by atoms with E-state index in [1.807, 2.05) is 25.1 Å². The molecule has 1 heterocycles. The molecule has 0 fully saturated rings. The van der Waals surface area contributed by atoms with E-state index < -0.39 is 0 Å². The van der Waals surface area contributed by atoms with Crippen LogP contribution in [0, 0.1) is 6.92 Å². The van der Waals surface area contributed by atoms with Gasteiger partial charge in [-0.15, -0.1) is 0 Å². The lowest BCUT2D eigenvalue weighted by molar-refractivity contribution is 0.0920. The number of hydrogen-bond donors (Lipinski definition) is 0. The Hall–Kier alpha value is -3.37. The number of ketones is 2. The summed E-state index contributed by atoms with van der Waals surface area (Å²) in [6.45, 7) is 1.72. The van der Waals surface area contributed by atoms with Crippen LogP contribution in [0.25, 0.3) is 6.08 Å². The van der Waals surface area contributed by atoms with E-state index in [0.717, 1.165) is 11.1 Å². The fourth-order valence-electron chi connectivity index (χ4n) is 3.13. The molecular weight excluding hydrogens is 388 g/mol. The lowest BCUT2D eigenvalue weighted by Gasteiger charge is -2.08. The fourth-order valence-corrected chi connectivity index (χ4v) is 3.25. The summed E-state index contributed by atoms with van der Waals surface area (Å²) >= 11 is 5.90. The molecule has 0 amide bonds. The van der Waals surface area contributed by atoms with Gasteiger partial charge in [0, 0.05) is 16.7 Å².